The van der Waals surface area contributed by atoms with E-state index in [2.05, 4.69) is 37.7 Å². The van der Waals surface area contributed by atoms with E-state index in [1.165, 1.54) is 6.08 Å². The summed E-state index contributed by atoms with van der Waals surface area (Å²) in [6.07, 6.45) is 5.74. The molecule has 0 saturated carbocycles. The van der Waals surface area contributed by atoms with Crippen LogP contribution in [-0.4, -0.2) is 32.1 Å². The first-order valence-corrected chi connectivity index (χ1v) is 17.7. The van der Waals surface area contributed by atoms with Gasteiger partial charge in [0.2, 0.25) is 5.91 Å². The van der Waals surface area contributed by atoms with E-state index in [-0.39, 0.29) is 28.1 Å². The second-order valence-corrected chi connectivity index (χ2v) is 14.8. The van der Waals surface area contributed by atoms with Crippen LogP contribution >= 0.6 is 0 Å². The van der Waals surface area contributed by atoms with Crippen LogP contribution in [0.1, 0.15) is 70.9 Å². The predicted molar refractivity (Wildman–Crippen MR) is 185 cm³/mol. The summed E-state index contributed by atoms with van der Waals surface area (Å²) >= 11 is 0. The number of benzene rings is 3. The van der Waals surface area contributed by atoms with Crippen molar-refractivity contribution in [1.29, 1.82) is 0 Å². The third-order valence-electron chi connectivity index (χ3n) is 8.44. The van der Waals surface area contributed by atoms with E-state index in [4.69, 9.17) is 10.5 Å². The number of sulfonamides is 1. The fourth-order valence-corrected chi connectivity index (χ4v) is 7.18. The molecule has 4 unspecified atom stereocenters. The van der Waals surface area contributed by atoms with Crippen molar-refractivity contribution in [3.63, 3.8) is 0 Å². The lowest BCUT2D eigenvalue weighted by molar-refractivity contribution is -0.132. The van der Waals surface area contributed by atoms with E-state index >= 15 is 0 Å². The lowest BCUT2D eigenvalue weighted by Crippen LogP contribution is -2.53. The SMILES string of the molecule is CC(C)CCC(CNC(=O)C1C=C(S(=O)(=O)Nc2ccccc2)c2ccccc2C1(N)O)CC(CCC(C)C)Oc1ccccc1. The fourth-order valence-electron chi connectivity index (χ4n) is 5.84. The molecule has 0 radical (unpaired) electrons. The van der Waals surface area contributed by atoms with Crippen LogP contribution in [0.2, 0.25) is 0 Å². The molecule has 0 heterocycles. The van der Waals surface area contributed by atoms with E-state index < -0.39 is 27.6 Å². The van der Waals surface area contributed by atoms with Crippen LogP contribution in [0.4, 0.5) is 5.69 Å². The number of amides is 1. The average molecular weight is 648 g/mol. The second kappa shape index (κ2) is 15.8. The molecule has 4 atom stereocenters. The molecule has 1 amide bonds. The summed E-state index contributed by atoms with van der Waals surface area (Å²) in [5, 5.41) is 14.6. The zero-order valence-electron chi connectivity index (χ0n) is 27.4. The highest BCUT2D eigenvalue weighted by molar-refractivity contribution is 8.01. The number of nitrogens with two attached hydrogens (primary N) is 1. The molecule has 1 aliphatic carbocycles. The molecule has 0 spiro atoms. The minimum Gasteiger partial charge on any atom is -0.490 e. The summed E-state index contributed by atoms with van der Waals surface area (Å²) in [4.78, 5) is 13.7. The molecule has 0 bridgehead atoms. The molecule has 248 valence electrons. The highest BCUT2D eigenvalue weighted by Crippen LogP contribution is 2.41. The summed E-state index contributed by atoms with van der Waals surface area (Å²) in [7, 11) is -4.13. The Morgan fingerprint density at radius 2 is 1.46 bits per heavy atom. The smallest absolute Gasteiger partial charge is 0.262 e. The van der Waals surface area contributed by atoms with Crippen LogP contribution in [0.25, 0.3) is 4.91 Å². The molecular weight excluding hydrogens is 598 g/mol. The summed E-state index contributed by atoms with van der Waals surface area (Å²) in [5.74, 6) is 0.0534. The molecular formula is C37H49N3O5S. The van der Waals surface area contributed by atoms with Gasteiger partial charge in [-0.05, 0) is 73.8 Å². The number of fused-ring (bicyclic) bond motifs is 1. The van der Waals surface area contributed by atoms with Gasteiger partial charge in [0.05, 0.1) is 11.0 Å². The highest BCUT2D eigenvalue weighted by Gasteiger charge is 2.45. The van der Waals surface area contributed by atoms with Crippen LogP contribution < -0.4 is 20.5 Å². The van der Waals surface area contributed by atoms with Crippen molar-refractivity contribution in [2.24, 2.45) is 29.4 Å². The first kappa shape index (κ1) is 35.2. The molecule has 3 aromatic rings. The molecule has 3 aromatic carbocycles. The van der Waals surface area contributed by atoms with Gasteiger partial charge in [0, 0.05) is 23.4 Å². The lowest BCUT2D eigenvalue weighted by atomic mass is 9.81. The Morgan fingerprint density at radius 1 is 0.870 bits per heavy atom. The minimum atomic E-state index is -4.13. The maximum Gasteiger partial charge on any atom is 0.262 e. The Hall–Kier alpha value is -3.66. The fraction of sp³-hybridized carbons (Fsp3) is 0.432. The number of para-hydroxylation sites is 2. The predicted octanol–water partition coefficient (Wildman–Crippen LogP) is 6.65. The van der Waals surface area contributed by atoms with Crippen molar-refractivity contribution >= 4 is 26.5 Å². The van der Waals surface area contributed by atoms with Crippen LogP contribution in [-0.2, 0) is 20.5 Å². The van der Waals surface area contributed by atoms with E-state index in [1.807, 2.05) is 30.3 Å². The van der Waals surface area contributed by atoms with E-state index in [1.54, 1.807) is 54.6 Å². The number of hydrogen-bond acceptors (Lipinski definition) is 6. The van der Waals surface area contributed by atoms with Gasteiger partial charge in [0.15, 0.2) is 5.72 Å². The van der Waals surface area contributed by atoms with Gasteiger partial charge in [-0.1, -0.05) is 94.8 Å². The van der Waals surface area contributed by atoms with Gasteiger partial charge in [-0.2, -0.15) is 0 Å². The number of anilines is 1. The number of rotatable bonds is 16. The van der Waals surface area contributed by atoms with Gasteiger partial charge in [0.1, 0.15) is 11.7 Å². The Bertz CT molecular complexity index is 1560. The van der Waals surface area contributed by atoms with Crippen molar-refractivity contribution in [2.45, 2.75) is 71.6 Å². The average Bonchev–Trinajstić information content (AvgIpc) is 3.01. The topological polar surface area (TPSA) is 131 Å². The summed E-state index contributed by atoms with van der Waals surface area (Å²) in [6.45, 7) is 9.09. The van der Waals surface area contributed by atoms with Crippen LogP contribution in [0.15, 0.2) is 91.0 Å². The number of aliphatic hydroxyl groups is 1. The Balaban J connectivity index is 1.57. The normalized spacial score (nSPS) is 19.2. The van der Waals surface area contributed by atoms with E-state index in [0.29, 0.717) is 24.1 Å². The third kappa shape index (κ3) is 9.44. The molecule has 9 heteroatoms. The number of carbonyl (C=O) groups is 1. The number of carbonyl (C=O) groups excluding carboxylic acids is 1. The van der Waals surface area contributed by atoms with Gasteiger partial charge < -0.3 is 15.2 Å². The summed E-state index contributed by atoms with van der Waals surface area (Å²) in [5.41, 5.74) is 5.14. The molecule has 46 heavy (non-hydrogen) atoms. The molecule has 0 fully saturated rings. The zero-order chi connectivity index (χ0) is 33.3. The first-order valence-electron chi connectivity index (χ1n) is 16.3. The first-order chi connectivity index (χ1) is 21.9. The van der Waals surface area contributed by atoms with Gasteiger partial charge >= 0.3 is 0 Å². The number of hydrogen-bond donors (Lipinski definition) is 4. The van der Waals surface area contributed by atoms with Gasteiger partial charge in [0.25, 0.3) is 10.0 Å². The van der Waals surface area contributed by atoms with Crippen molar-refractivity contribution < 1.29 is 23.1 Å². The Morgan fingerprint density at radius 3 is 2.11 bits per heavy atom. The van der Waals surface area contributed by atoms with Crippen LogP contribution in [0.5, 0.6) is 5.75 Å². The molecule has 0 aliphatic heterocycles. The molecule has 4 rings (SSSR count). The molecule has 1 aliphatic rings. The summed E-state index contributed by atoms with van der Waals surface area (Å²) in [6, 6.07) is 24.8. The maximum absolute atomic E-state index is 13.8. The third-order valence-corrected chi connectivity index (χ3v) is 9.88. The quantitative estimate of drug-likeness (QED) is 0.129. The largest absolute Gasteiger partial charge is 0.490 e. The van der Waals surface area contributed by atoms with Crippen molar-refractivity contribution in [2.75, 3.05) is 11.3 Å². The standard InChI is InChI=1S/C37H49N3O5S/c1-26(2)19-21-28(23-31(22-20-27(3)4)45-30-15-9-6-10-16-30)25-39-36(41)34-24-35(32-17-11-12-18-33(32)37(34,38)42)46(43,44)40-29-13-7-5-8-14-29/h5-18,24,26-28,31,34,40,42H,19-23,25,38H2,1-4H3,(H,39,41). The van der Waals surface area contributed by atoms with Crippen LogP contribution in [0, 0.1) is 23.7 Å². The van der Waals surface area contributed by atoms with E-state index in [0.717, 1.165) is 37.9 Å². The second-order valence-electron chi connectivity index (χ2n) is 13.2. The highest BCUT2D eigenvalue weighted by atomic mass is 32.2. The Labute approximate surface area is 274 Å². The minimum absolute atomic E-state index is 0.0347. The monoisotopic (exact) mass is 647 g/mol. The summed E-state index contributed by atoms with van der Waals surface area (Å²) < 4.78 is 36.3. The zero-order valence-corrected chi connectivity index (χ0v) is 28.2. The van der Waals surface area contributed by atoms with Gasteiger partial charge in [-0.25, -0.2) is 8.42 Å². The van der Waals surface area contributed by atoms with Crippen molar-refractivity contribution in [1.82, 2.24) is 5.32 Å². The van der Waals surface area contributed by atoms with Gasteiger partial charge in [-0.3, -0.25) is 15.3 Å². The Kier molecular flexibility index (Phi) is 12.1. The molecule has 8 nitrogen and oxygen atoms in total. The van der Waals surface area contributed by atoms with Crippen molar-refractivity contribution in [3.05, 3.63) is 102 Å². The van der Waals surface area contributed by atoms with Crippen molar-refractivity contribution in [3.8, 4) is 5.75 Å². The number of nitrogens with one attached hydrogen (secondary N) is 2. The van der Waals surface area contributed by atoms with Crippen LogP contribution in [0.3, 0.4) is 0 Å². The van der Waals surface area contributed by atoms with E-state index in [9.17, 15) is 18.3 Å². The maximum atomic E-state index is 13.8. The molecule has 5 N–H and O–H groups in total. The molecule has 0 aromatic heterocycles. The lowest BCUT2D eigenvalue weighted by Gasteiger charge is -2.36. The molecule has 0 saturated heterocycles. The number of ether oxygens (including phenoxy) is 1. The van der Waals surface area contributed by atoms with Gasteiger partial charge in [-0.15, -0.1) is 0 Å².